The third-order valence-electron chi connectivity index (χ3n) is 2.95. The number of para-hydroxylation sites is 1. The summed E-state index contributed by atoms with van der Waals surface area (Å²) < 4.78 is 7.04. The lowest BCUT2D eigenvalue weighted by Gasteiger charge is -2.20. The average Bonchev–Trinajstić information content (AvgIpc) is 2.57. The minimum atomic E-state index is 0.0558. The zero-order valence-corrected chi connectivity index (χ0v) is 11.4. The highest BCUT2D eigenvalue weighted by atomic mass is 79.9. The summed E-state index contributed by atoms with van der Waals surface area (Å²) in [5.41, 5.74) is 1.19. The minimum absolute atomic E-state index is 0.0558. The summed E-state index contributed by atoms with van der Waals surface area (Å²) in [4.78, 5) is 0. The van der Waals surface area contributed by atoms with Crippen molar-refractivity contribution in [3.8, 4) is 0 Å². The van der Waals surface area contributed by atoms with Crippen molar-refractivity contribution < 1.29 is 4.74 Å². The summed E-state index contributed by atoms with van der Waals surface area (Å²) in [5.74, 6) is 0. The molecule has 1 N–H and O–H groups in total. The summed E-state index contributed by atoms with van der Waals surface area (Å²) in [6, 6.07) is 8.17. The second-order valence-electron chi connectivity index (χ2n) is 4.90. The Morgan fingerprint density at radius 3 is 2.81 bits per heavy atom. The van der Waals surface area contributed by atoms with Crippen LogP contribution in [0.1, 0.15) is 26.7 Å². The molecule has 0 bridgehead atoms. The Hall–Kier alpha value is -0.540. The third-order valence-corrected chi connectivity index (χ3v) is 3.64. The van der Waals surface area contributed by atoms with Crippen LogP contribution in [0.4, 0.5) is 5.69 Å². The van der Waals surface area contributed by atoms with Gasteiger partial charge in [-0.1, -0.05) is 12.1 Å². The molecule has 1 heterocycles. The number of ether oxygens (including phenoxy) is 1. The Bertz CT molecular complexity index is 365. The van der Waals surface area contributed by atoms with Crippen LogP contribution < -0.4 is 5.32 Å². The molecule has 1 aliphatic heterocycles. The van der Waals surface area contributed by atoms with Gasteiger partial charge < -0.3 is 10.1 Å². The van der Waals surface area contributed by atoms with Crippen molar-refractivity contribution in [3.63, 3.8) is 0 Å². The van der Waals surface area contributed by atoms with Gasteiger partial charge in [-0.15, -0.1) is 0 Å². The SMILES string of the molecule is CC1(C)CCC(CNc2ccccc2Br)O1. The van der Waals surface area contributed by atoms with Gasteiger partial charge in [0, 0.05) is 16.7 Å². The summed E-state index contributed by atoms with van der Waals surface area (Å²) in [6.45, 7) is 5.20. The predicted molar refractivity (Wildman–Crippen MR) is 70.8 cm³/mol. The molecule has 2 nitrogen and oxygen atoms in total. The quantitative estimate of drug-likeness (QED) is 0.911. The first-order chi connectivity index (χ1) is 7.57. The monoisotopic (exact) mass is 283 g/mol. The number of rotatable bonds is 3. The van der Waals surface area contributed by atoms with E-state index >= 15 is 0 Å². The van der Waals surface area contributed by atoms with Gasteiger partial charge in [0.25, 0.3) is 0 Å². The second kappa shape index (κ2) is 4.76. The standard InChI is InChI=1S/C13H18BrNO/c1-13(2)8-7-10(16-13)9-15-12-6-4-3-5-11(12)14/h3-6,10,15H,7-9H2,1-2H3. The second-order valence-corrected chi connectivity index (χ2v) is 5.75. The van der Waals surface area contributed by atoms with Crippen molar-refractivity contribution in [1.29, 1.82) is 0 Å². The molecule has 0 aromatic heterocycles. The zero-order valence-electron chi connectivity index (χ0n) is 9.79. The number of benzene rings is 1. The molecule has 1 aromatic rings. The van der Waals surface area contributed by atoms with Crippen molar-refractivity contribution >= 4 is 21.6 Å². The third kappa shape index (κ3) is 2.98. The van der Waals surface area contributed by atoms with Crippen molar-refractivity contribution in [2.75, 3.05) is 11.9 Å². The molecule has 1 fully saturated rings. The van der Waals surface area contributed by atoms with Gasteiger partial charge in [-0.2, -0.15) is 0 Å². The van der Waals surface area contributed by atoms with E-state index in [0.29, 0.717) is 6.10 Å². The summed E-state index contributed by atoms with van der Waals surface area (Å²) in [5, 5.41) is 3.42. The van der Waals surface area contributed by atoms with Crippen molar-refractivity contribution in [2.45, 2.75) is 38.4 Å². The molecule has 1 atom stereocenters. The fourth-order valence-electron chi connectivity index (χ4n) is 2.05. The van der Waals surface area contributed by atoms with Gasteiger partial charge in [0.1, 0.15) is 0 Å². The number of nitrogens with one attached hydrogen (secondary N) is 1. The molecule has 3 heteroatoms. The van der Waals surface area contributed by atoms with E-state index in [0.717, 1.165) is 29.5 Å². The van der Waals surface area contributed by atoms with Gasteiger partial charge >= 0.3 is 0 Å². The molecule has 2 rings (SSSR count). The lowest BCUT2D eigenvalue weighted by atomic mass is 10.1. The molecule has 1 aromatic carbocycles. The summed E-state index contributed by atoms with van der Waals surface area (Å²) in [6.07, 6.45) is 2.63. The Labute approximate surface area is 106 Å². The summed E-state index contributed by atoms with van der Waals surface area (Å²) >= 11 is 3.52. The molecule has 88 valence electrons. The molecule has 0 saturated carbocycles. The number of halogens is 1. The molecule has 1 unspecified atom stereocenters. The van der Waals surface area contributed by atoms with Crippen molar-refractivity contribution in [1.82, 2.24) is 0 Å². The van der Waals surface area contributed by atoms with Crippen LogP contribution >= 0.6 is 15.9 Å². The van der Waals surface area contributed by atoms with E-state index in [-0.39, 0.29) is 5.60 Å². The number of hydrogen-bond donors (Lipinski definition) is 1. The van der Waals surface area contributed by atoms with E-state index in [2.05, 4.69) is 41.2 Å². The highest BCUT2D eigenvalue weighted by Gasteiger charge is 2.31. The van der Waals surface area contributed by atoms with Gasteiger partial charge in [0.15, 0.2) is 0 Å². The molecular weight excluding hydrogens is 266 g/mol. The molecule has 0 radical (unpaired) electrons. The fourth-order valence-corrected chi connectivity index (χ4v) is 2.47. The van der Waals surface area contributed by atoms with Crippen molar-refractivity contribution in [3.05, 3.63) is 28.7 Å². The van der Waals surface area contributed by atoms with Gasteiger partial charge in [-0.3, -0.25) is 0 Å². The Balaban J connectivity index is 1.87. The zero-order chi connectivity index (χ0) is 11.6. The van der Waals surface area contributed by atoms with Crippen LogP contribution in [0.5, 0.6) is 0 Å². The van der Waals surface area contributed by atoms with Gasteiger partial charge in [-0.25, -0.2) is 0 Å². The largest absolute Gasteiger partial charge is 0.382 e. The molecular formula is C13H18BrNO. The number of hydrogen-bond acceptors (Lipinski definition) is 2. The first-order valence-electron chi connectivity index (χ1n) is 5.73. The molecule has 1 aliphatic rings. The molecule has 0 amide bonds. The Morgan fingerprint density at radius 1 is 1.44 bits per heavy atom. The predicted octanol–water partition coefficient (Wildman–Crippen LogP) is 3.82. The summed E-state index contributed by atoms with van der Waals surface area (Å²) in [7, 11) is 0. The number of anilines is 1. The molecule has 1 saturated heterocycles. The topological polar surface area (TPSA) is 21.3 Å². The van der Waals surface area contributed by atoms with E-state index in [1.165, 1.54) is 0 Å². The van der Waals surface area contributed by atoms with Crippen LogP contribution in [0.25, 0.3) is 0 Å². The maximum Gasteiger partial charge on any atom is 0.0755 e. The van der Waals surface area contributed by atoms with Crippen molar-refractivity contribution in [2.24, 2.45) is 0 Å². The van der Waals surface area contributed by atoms with Crippen LogP contribution in [-0.2, 0) is 4.74 Å². The smallest absolute Gasteiger partial charge is 0.0755 e. The highest BCUT2D eigenvalue weighted by Crippen LogP contribution is 2.30. The lowest BCUT2D eigenvalue weighted by molar-refractivity contribution is -0.00911. The van der Waals surface area contributed by atoms with Crippen LogP contribution in [0.2, 0.25) is 0 Å². The van der Waals surface area contributed by atoms with Crippen LogP contribution in [0.15, 0.2) is 28.7 Å². The average molecular weight is 284 g/mol. The first kappa shape index (κ1) is 11.9. The fraction of sp³-hybridized carbons (Fsp3) is 0.538. The van der Waals surface area contributed by atoms with E-state index in [9.17, 15) is 0 Å². The van der Waals surface area contributed by atoms with Crippen LogP contribution in [0, 0.1) is 0 Å². The van der Waals surface area contributed by atoms with Gasteiger partial charge in [0.05, 0.1) is 11.7 Å². The normalized spacial score (nSPS) is 23.3. The Morgan fingerprint density at radius 2 is 2.19 bits per heavy atom. The molecule has 16 heavy (non-hydrogen) atoms. The van der Waals surface area contributed by atoms with Crippen LogP contribution in [0.3, 0.4) is 0 Å². The van der Waals surface area contributed by atoms with Crippen LogP contribution in [-0.4, -0.2) is 18.2 Å². The first-order valence-corrected chi connectivity index (χ1v) is 6.52. The maximum absolute atomic E-state index is 5.93. The highest BCUT2D eigenvalue weighted by molar-refractivity contribution is 9.10. The van der Waals surface area contributed by atoms with Gasteiger partial charge in [-0.05, 0) is 54.8 Å². The molecule has 0 aliphatic carbocycles. The minimum Gasteiger partial charge on any atom is -0.382 e. The van der Waals surface area contributed by atoms with E-state index in [1.807, 2.05) is 18.2 Å². The molecule has 0 spiro atoms. The van der Waals surface area contributed by atoms with Gasteiger partial charge in [0.2, 0.25) is 0 Å². The maximum atomic E-state index is 5.93. The van der Waals surface area contributed by atoms with E-state index < -0.39 is 0 Å². The lowest BCUT2D eigenvalue weighted by Crippen LogP contribution is -2.24. The van der Waals surface area contributed by atoms with E-state index in [4.69, 9.17) is 4.74 Å². The van der Waals surface area contributed by atoms with E-state index in [1.54, 1.807) is 0 Å². The Kier molecular flexibility index (Phi) is 3.55.